The summed E-state index contributed by atoms with van der Waals surface area (Å²) in [4.78, 5) is 0. The van der Waals surface area contributed by atoms with Crippen LogP contribution in [0, 0.1) is 23.2 Å². The zero-order valence-corrected chi connectivity index (χ0v) is 8.65. The van der Waals surface area contributed by atoms with E-state index >= 15 is 0 Å². The molecule has 3 rings (SSSR count). The van der Waals surface area contributed by atoms with E-state index in [-0.39, 0.29) is 12.0 Å². The Morgan fingerprint density at radius 1 is 1.21 bits per heavy atom. The Morgan fingerprint density at radius 3 is 2.79 bits per heavy atom. The van der Waals surface area contributed by atoms with Gasteiger partial charge in [-0.3, -0.25) is 0 Å². The van der Waals surface area contributed by atoms with Crippen molar-refractivity contribution in [3.05, 3.63) is 0 Å². The summed E-state index contributed by atoms with van der Waals surface area (Å²) in [6.45, 7) is -0.0376. The van der Waals surface area contributed by atoms with E-state index in [4.69, 9.17) is 5.11 Å². The van der Waals surface area contributed by atoms with Crippen LogP contribution in [-0.2, 0) is 0 Å². The van der Waals surface area contributed by atoms with Gasteiger partial charge in [-0.25, -0.2) is 0 Å². The predicted molar refractivity (Wildman–Crippen MR) is 53.7 cm³/mol. The van der Waals surface area contributed by atoms with Crippen molar-refractivity contribution in [3.63, 3.8) is 0 Å². The molecule has 3 aliphatic carbocycles. The summed E-state index contributed by atoms with van der Waals surface area (Å²) in [5.41, 5.74) is 0.106. The number of hydrogen-bond acceptors (Lipinski definition) is 2. The Kier molecular flexibility index (Phi) is 1.94. The van der Waals surface area contributed by atoms with Gasteiger partial charge in [-0.2, -0.15) is 0 Å². The summed E-state index contributed by atoms with van der Waals surface area (Å²) >= 11 is 0. The number of aliphatic hydroxyl groups is 2. The third-order valence-electron chi connectivity index (χ3n) is 5.20. The second-order valence-electron chi connectivity index (χ2n) is 5.87. The minimum absolute atomic E-state index is 0.0376. The van der Waals surface area contributed by atoms with Crippen molar-refractivity contribution in [2.45, 2.75) is 44.6 Å². The van der Waals surface area contributed by atoms with Crippen LogP contribution in [0.2, 0.25) is 0 Å². The largest absolute Gasteiger partial charge is 0.394 e. The van der Waals surface area contributed by atoms with Gasteiger partial charge >= 0.3 is 0 Å². The molecule has 0 aliphatic heterocycles. The minimum Gasteiger partial charge on any atom is -0.394 e. The molecule has 14 heavy (non-hydrogen) atoms. The molecule has 0 heterocycles. The maximum atomic E-state index is 9.97. The average Bonchev–Trinajstić information content (AvgIpc) is 2.40. The number of rotatable bonds is 2. The summed E-state index contributed by atoms with van der Waals surface area (Å²) < 4.78 is 0. The van der Waals surface area contributed by atoms with Gasteiger partial charge in [-0.05, 0) is 61.7 Å². The smallest absolute Gasteiger partial charge is 0.0827 e. The lowest BCUT2D eigenvalue weighted by Crippen LogP contribution is -2.44. The van der Waals surface area contributed by atoms with Crippen molar-refractivity contribution in [2.75, 3.05) is 6.61 Å². The van der Waals surface area contributed by atoms with Crippen LogP contribution in [0.15, 0.2) is 0 Å². The van der Waals surface area contributed by atoms with Crippen molar-refractivity contribution in [1.29, 1.82) is 0 Å². The molecule has 2 nitrogen and oxygen atoms in total. The van der Waals surface area contributed by atoms with Gasteiger partial charge in [-0.1, -0.05) is 0 Å². The molecule has 80 valence electrons. The Hall–Kier alpha value is -0.0800. The predicted octanol–water partition coefficient (Wildman–Crippen LogP) is 1.56. The van der Waals surface area contributed by atoms with E-state index in [0.29, 0.717) is 0 Å². The summed E-state index contributed by atoms with van der Waals surface area (Å²) in [5.74, 6) is 2.70. The average molecular weight is 196 g/mol. The first-order valence-corrected chi connectivity index (χ1v) is 6.02. The molecule has 3 aliphatic rings. The molecule has 5 unspecified atom stereocenters. The fourth-order valence-electron chi connectivity index (χ4n) is 4.60. The van der Waals surface area contributed by atoms with Crippen LogP contribution >= 0.6 is 0 Å². The first-order chi connectivity index (χ1) is 6.73. The zero-order valence-electron chi connectivity index (χ0n) is 8.65. The van der Waals surface area contributed by atoms with E-state index in [1.54, 1.807) is 0 Å². The van der Waals surface area contributed by atoms with Crippen molar-refractivity contribution in [3.8, 4) is 0 Å². The van der Waals surface area contributed by atoms with Crippen LogP contribution in [0.4, 0.5) is 0 Å². The minimum atomic E-state index is -0.452. The van der Waals surface area contributed by atoms with Crippen LogP contribution in [0.25, 0.3) is 0 Å². The van der Waals surface area contributed by atoms with E-state index < -0.39 is 6.10 Å². The molecule has 3 fully saturated rings. The Labute approximate surface area is 85.3 Å². The van der Waals surface area contributed by atoms with Crippen LogP contribution in [0.1, 0.15) is 38.5 Å². The van der Waals surface area contributed by atoms with E-state index in [0.717, 1.165) is 24.2 Å². The highest BCUT2D eigenvalue weighted by Gasteiger charge is 2.54. The molecule has 0 saturated heterocycles. The molecule has 0 radical (unpaired) electrons. The van der Waals surface area contributed by atoms with Gasteiger partial charge in [0.2, 0.25) is 0 Å². The van der Waals surface area contributed by atoms with Gasteiger partial charge in [0.25, 0.3) is 0 Å². The first kappa shape index (κ1) is 9.17. The number of hydrogen-bond donors (Lipinski definition) is 2. The van der Waals surface area contributed by atoms with Crippen LogP contribution < -0.4 is 0 Å². The maximum Gasteiger partial charge on any atom is 0.0827 e. The molecule has 2 heteroatoms. The van der Waals surface area contributed by atoms with E-state index in [1.807, 2.05) is 0 Å². The van der Waals surface area contributed by atoms with Crippen LogP contribution in [-0.4, -0.2) is 22.9 Å². The zero-order chi connectivity index (χ0) is 9.76. The lowest BCUT2D eigenvalue weighted by atomic mass is 9.59. The van der Waals surface area contributed by atoms with E-state index in [9.17, 15) is 5.11 Å². The van der Waals surface area contributed by atoms with E-state index in [2.05, 4.69) is 0 Å². The lowest BCUT2D eigenvalue weighted by Gasteiger charge is -2.47. The molecule has 0 aromatic carbocycles. The van der Waals surface area contributed by atoms with Gasteiger partial charge in [-0.15, -0.1) is 0 Å². The van der Waals surface area contributed by atoms with Crippen molar-refractivity contribution in [2.24, 2.45) is 23.2 Å². The summed E-state index contributed by atoms with van der Waals surface area (Å²) in [6.07, 6.45) is 7.20. The highest BCUT2D eigenvalue weighted by atomic mass is 16.3. The van der Waals surface area contributed by atoms with Gasteiger partial charge in [0.1, 0.15) is 0 Å². The molecule has 2 N–H and O–H groups in total. The van der Waals surface area contributed by atoms with Crippen LogP contribution in [0.3, 0.4) is 0 Å². The lowest BCUT2D eigenvalue weighted by molar-refractivity contribution is -0.0737. The molecular formula is C12H20O2. The number of fused-ring (bicyclic) bond motifs is 2. The van der Waals surface area contributed by atoms with Crippen molar-refractivity contribution in [1.82, 2.24) is 0 Å². The van der Waals surface area contributed by atoms with Gasteiger partial charge < -0.3 is 10.2 Å². The summed E-state index contributed by atoms with van der Waals surface area (Å²) in [5, 5.41) is 19.1. The fourth-order valence-corrected chi connectivity index (χ4v) is 4.60. The first-order valence-electron chi connectivity index (χ1n) is 6.02. The Balaban J connectivity index is 1.88. The molecule has 0 spiro atoms. The van der Waals surface area contributed by atoms with Gasteiger partial charge in [0.15, 0.2) is 0 Å². The molecule has 0 aromatic rings. The molecular weight excluding hydrogens is 176 g/mol. The number of aliphatic hydroxyl groups excluding tert-OH is 2. The monoisotopic (exact) mass is 196 g/mol. The summed E-state index contributed by atoms with van der Waals surface area (Å²) in [7, 11) is 0. The summed E-state index contributed by atoms with van der Waals surface area (Å²) in [6, 6.07) is 0. The highest BCUT2D eigenvalue weighted by molar-refractivity contribution is 5.04. The van der Waals surface area contributed by atoms with Gasteiger partial charge in [0.05, 0.1) is 12.7 Å². The second kappa shape index (κ2) is 2.96. The molecule has 0 aromatic heterocycles. The quantitative estimate of drug-likeness (QED) is 0.703. The maximum absolute atomic E-state index is 9.97. The van der Waals surface area contributed by atoms with Crippen molar-refractivity contribution >= 4 is 0 Å². The Morgan fingerprint density at radius 2 is 2.00 bits per heavy atom. The molecule has 3 bridgehead atoms. The standard InChI is InChI=1S/C12H20O2/c13-7-11(14)12-2-1-9-3-8(5-12)4-10(9)6-12/h8-11,13-14H,1-7H2. The Bertz CT molecular complexity index is 236. The molecule has 3 saturated carbocycles. The third kappa shape index (κ3) is 1.10. The molecule has 0 amide bonds. The van der Waals surface area contributed by atoms with Crippen LogP contribution in [0.5, 0.6) is 0 Å². The normalized spacial score (nSPS) is 52.3. The SMILES string of the molecule is OCC(O)C12CCC3CC(CC3C1)C2. The highest BCUT2D eigenvalue weighted by Crippen LogP contribution is 2.61. The second-order valence-corrected chi connectivity index (χ2v) is 5.87. The van der Waals surface area contributed by atoms with Gasteiger partial charge in [0, 0.05) is 0 Å². The third-order valence-corrected chi connectivity index (χ3v) is 5.20. The molecule has 5 atom stereocenters. The topological polar surface area (TPSA) is 40.5 Å². The van der Waals surface area contributed by atoms with Crippen molar-refractivity contribution < 1.29 is 10.2 Å². The fraction of sp³-hybridized carbons (Fsp3) is 1.00. The van der Waals surface area contributed by atoms with E-state index in [1.165, 1.54) is 32.1 Å².